The van der Waals surface area contributed by atoms with Crippen LogP contribution in [0.4, 0.5) is 5.69 Å². The first kappa shape index (κ1) is 15.6. The van der Waals surface area contributed by atoms with Crippen LogP contribution in [-0.2, 0) is 0 Å². The fourth-order valence-electron chi connectivity index (χ4n) is 2.92. The van der Waals surface area contributed by atoms with Crippen molar-refractivity contribution < 1.29 is 0 Å². The normalized spacial score (nSPS) is 13.7. The minimum absolute atomic E-state index is 0.306. The summed E-state index contributed by atoms with van der Waals surface area (Å²) in [5.41, 5.74) is 10.00. The Kier molecular flexibility index (Phi) is 5.40. The van der Waals surface area contributed by atoms with Crippen molar-refractivity contribution >= 4 is 5.69 Å². The van der Waals surface area contributed by atoms with Crippen molar-refractivity contribution in [2.45, 2.75) is 32.7 Å². The first-order valence-electron chi connectivity index (χ1n) is 7.75. The van der Waals surface area contributed by atoms with Gasteiger partial charge in [0.05, 0.1) is 0 Å². The third-order valence-corrected chi connectivity index (χ3v) is 4.25. The molecule has 0 aromatic heterocycles. The van der Waals surface area contributed by atoms with Gasteiger partial charge in [0.1, 0.15) is 0 Å². The predicted octanol–water partition coefficient (Wildman–Crippen LogP) is 3.95. The monoisotopic (exact) mass is 282 g/mol. The zero-order valence-corrected chi connectivity index (χ0v) is 13.3. The Labute approximate surface area is 128 Å². The maximum Gasteiger partial charge on any atom is 0.0478 e. The van der Waals surface area contributed by atoms with Crippen LogP contribution in [0.3, 0.4) is 0 Å². The first-order chi connectivity index (χ1) is 10.2. The van der Waals surface area contributed by atoms with Crippen LogP contribution in [-0.4, -0.2) is 19.1 Å². The van der Waals surface area contributed by atoms with Crippen LogP contribution >= 0.6 is 0 Å². The molecule has 0 saturated carbocycles. The summed E-state index contributed by atoms with van der Waals surface area (Å²) >= 11 is 0. The van der Waals surface area contributed by atoms with Crippen molar-refractivity contribution in [2.24, 2.45) is 5.73 Å². The molecule has 0 aliphatic carbocycles. The Hall–Kier alpha value is -1.80. The van der Waals surface area contributed by atoms with Crippen molar-refractivity contribution in [2.75, 3.05) is 18.0 Å². The second-order valence-electron chi connectivity index (χ2n) is 5.62. The molecule has 0 bridgehead atoms. The number of nitrogens with two attached hydrogens (primary N) is 1. The van der Waals surface area contributed by atoms with Crippen LogP contribution in [0.5, 0.6) is 0 Å². The number of nitrogens with zero attached hydrogens (tertiary/aromatic N) is 1. The molecule has 2 atom stereocenters. The molecule has 0 aliphatic rings. The summed E-state index contributed by atoms with van der Waals surface area (Å²) in [4.78, 5) is 2.41. The number of rotatable bonds is 6. The largest absolute Gasteiger partial charge is 0.367 e. The fraction of sp³-hybridized carbons (Fsp3) is 0.368. The van der Waals surface area contributed by atoms with E-state index in [2.05, 4.69) is 80.3 Å². The minimum Gasteiger partial charge on any atom is -0.367 e. The summed E-state index contributed by atoms with van der Waals surface area (Å²) in [5.74, 6) is 0.400. The highest BCUT2D eigenvalue weighted by Gasteiger charge is 2.23. The molecule has 2 unspecified atom stereocenters. The maximum absolute atomic E-state index is 6.11. The molecule has 2 N–H and O–H groups in total. The molecule has 0 spiro atoms. The van der Waals surface area contributed by atoms with Crippen LogP contribution in [0.15, 0.2) is 54.6 Å². The number of likely N-dealkylation sites (N-methyl/N-ethyl adjacent to an activating group) is 1. The van der Waals surface area contributed by atoms with Crippen LogP contribution in [0.25, 0.3) is 0 Å². The van der Waals surface area contributed by atoms with Crippen LogP contribution in [0.2, 0.25) is 0 Å². The van der Waals surface area contributed by atoms with Gasteiger partial charge in [-0.3, -0.25) is 0 Å². The molecule has 2 nitrogen and oxygen atoms in total. The van der Waals surface area contributed by atoms with Gasteiger partial charge in [0.15, 0.2) is 0 Å². The summed E-state index contributed by atoms with van der Waals surface area (Å²) in [7, 11) is 0. The van der Waals surface area contributed by atoms with Gasteiger partial charge in [-0.1, -0.05) is 55.0 Å². The summed E-state index contributed by atoms with van der Waals surface area (Å²) in [6.07, 6.45) is 0. The molecule has 112 valence electrons. The number of benzene rings is 2. The second-order valence-corrected chi connectivity index (χ2v) is 5.62. The quantitative estimate of drug-likeness (QED) is 0.869. The molecule has 0 amide bonds. The first-order valence-corrected chi connectivity index (χ1v) is 7.75. The Bertz CT molecular complexity index is 533. The Morgan fingerprint density at radius 1 is 1.00 bits per heavy atom. The van der Waals surface area contributed by atoms with E-state index in [0.717, 1.165) is 6.54 Å². The van der Waals surface area contributed by atoms with Gasteiger partial charge in [-0.05, 0) is 31.5 Å². The average molecular weight is 282 g/mol. The summed E-state index contributed by atoms with van der Waals surface area (Å²) in [5, 5.41) is 0. The number of hydrogen-bond acceptors (Lipinski definition) is 2. The lowest BCUT2D eigenvalue weighted by molar-refractivity contribution is 0.527. The van der Waals surface area contributed by atoms with Crippen molar-refractivity contribution in [3.8, 4) is 0 Å². The van der Waals surface area contributed by atoms with Gasteiger partial charge in [0, 0.05) is 30.7 Å². The van der Waals surface area contributed by atoms with Gasteiger partial charge in [-0.2, -0.15) is 0 Å². The van der Waals surface area contributed by atoms with Crippen LogP contribution in [0, 0.1) is 6.92 Å². The summed E-state index contributed by atoms with van der Waals surface area (Å²) in [6, 6.07) is 19.7. The number of hydrogen-bond donors (Lipinski definition) is 1. The van der Waals surface area contributed by atoms with Gasteiger partial charge in [0.25, 0.3) is 0 Å². The van der Waals surface area contributed by atoms with Gasteiger partial charge < -0.3 is 10.6 Å². The van der Waals surface area contributed by atoms with Crippen molar-refractivity contribution in [1.82, 2.24) is 0 Å². The van der Waals surface area contributed by atoms with E-state index in [1.54, 1.807) is 0 Å². The topological polar surface area (TPSA) is 29.3 Å². The summed E-state index contributed by atoms with van der Waals surface area (Å²) in [6.45, 7) is 8.19. The fourth-order valence-corrected chi connectivity index (χ4v) is 2.92. The molecule has 0 aliphatic heterocycles. The lowest BCUT2D eigenvalue weighted by atomic mass is 9.91. The lowest BCUT2D eigenvalue weighted by Gasteiger charge is -2.36. The standard InChI is InChI=1S/C19H26N2/c1-4-21(18-12-10-15(2)11-13-18)19(14-20)16(3)17-8-6-5-7-9-17/h5-13,16,19H,4,14,20H2,1-3H3. The van der Waals surface area contributed by atoms with E-state index < -0.39 is 0 Å². The van der Waals surface area contributed by atoms with Gasteiger partial charge >= 0.3 is 0 Å². The van der Waals surface area contributed by atoms with E-state index >= 15 is 0 Å². The van der Waals surface area contributed by atoms with E-state index in [9.17, 15) is 0 Å². The molecule has 0 fully saturated rings. The van der Waals surface area contributed by atoms with Gasteiger partial charge in [-0.15, -0.1) is 0 Å². The Morgan fingerprint density at radius 3 is 2.14 bits per heavy atom. The maximum atomic E-state index is 6.11. The van der Waals surface area contributed by atoms with Gasteiger partial charge in [0.2, 0.25) is 0 Å². The smallest absolute Gasteiger partial charge is 0.0478 e. The highest BCUT2D eigenvalue weighted by atomic mass is 15.2. The molecular formula is C19H26N2. The third-order valence-electron chi connectivity index (χ3n) is 4.25. The zero-order valence-electron chi connectivity index (χ0n) is 13.3. The molecule has 2 heteroatoms. The predicted molar refractivity (Wildman–Crippen MR) is 91.9 cm³/mol. The highest BCUT2D eigenvalue weighted by molar-refractivity contribution is 5.49. The van der Waals surface area contributed by atoms with E-state index in [-0.39, 0.29) is 0 Å². The van der Waals surface area contributed by atoms with E-state index in [1.807, 2.05) is 0 Å². The molecule has 2 rings (SSSR count). The van der Waals surface area contributed by atoms with Gasteiger partial charge in [-0.25, -0.2) is 0 Å². The average Bonchev–Trinajstić information content (AvgIpc) is 2.54. The molecule has 0 heterocycles. The van der Waals surface area contributed by atoms with Crippen LogP contribution in [0.1, 0.15) is 30.9 Å². The molecule has 21 heavy (non-hydrogen) atoms. The number of aryl methyl sites for hydroxylation is 1. The number of anilines is 1. The Balaban J connectivity index is 2.27. The van der Waals surface area contributed by atoms with Crippen LogP contribution < -0.4 is 10.6 Å². The summed E-state index contributed by atoms with van der Waals surface area (Å²) < 4.78 is 0. The highest BCUT2D eigenvalue weighted by Crippen LogP contribution is 2.27. The van der Waals surface area contributed by atoms with Crippen molar-refractivity contribution in [3.63, 3.8) is 0 Å². The van der Waals surface area contributed by atoms with E-state index in [4.69, 9.17) is 5.73 Å². The second kappa shape index (κ2) is 7.28. The molecule has 0 saturated heterocycles. The van der Waals surface area contributed by atoms with Crippen molar-refractivity contribution in [1.29, 1.82) is 0 Å². The minimum atomic E-state index is 0.306. The zero-order chi connectivity index (χ0) is 15.2. The molecular weight excluding hydrogens is 256 g/mol. The molecule has 2 aromatic rings. The Morgan fingerprint density at radius 2 is 1.62 bits per heavy atom. The van der Waals surface area contributed by atoms with E-state index in [0.29, 0.717) is 18.5 Å². The lowest BCUT2D eigenvalue weighted by Crippen LogP contribution is -2.44. The third kappa shape index (κ3) is 3.64. The SMILES string of the molecule is CCN(c1ccc(C)cc1)C(CN)C(C)c1ccccc1. The van der Waals surface area contributed by atoms with Crippen molar-refractivity contribution in [3.05, 3.63) is 65.7 Å². The van der Waals surface area contributed by atoms with E-state index in [1.165, 1.54) is 16.8 Å². The molecule has 0 radical (unpaired) electrons. The molecule has 2 aromatic carbocycles.